The highest BCUT2D eigenvalue weighted by atomic mass is 15.0. The van der Waals surface area contributed by atoms with Crippen molar-refractivity contribution in [2.45, 2.75) is 20.3 Å². The van der Waals surface area contributed by atoms with Crippen LogP contribution < -0.4 is 0 Å². The summed E-state index contributed by atoms with van der Waals surface area (Å²) >= 11 is 0. The topological polar surface area (TPSA) is 3.24 Å². The lowest BCUT2D eigenvalue weighted by Gasteiger charge is -1.98. The standard InChI is InChI=1S/C15H21N/c1-5-14(9-7-11-16(3)4)8-6-10-15-12-13(15)2/h5,8-11,13,15H,12H2,1-4H3/b14-5+/t6?,7?,13?,15-/m1/s1. The first kappa shape index (κ1) is 12.6. The van der Waals surface area contributed by atoms with Gasteiger partial charge in [0.25, 0.3) is 0 Å². The zero-order valence-corrected chi connectivity index (χ0v) is 10.7. The average Bonchev–Trinajstić information content (AvgIpc) is 2.92. The van der Waals surface area contributed by atoms with E-state index < -0.39 is 0 Å². The van der Waals surface area contributed by atoms with Crippen molar-refractivity contribution in [1.82, 2.24) is 4.90 Å². The Morgan fingerprint density at radius 1 is 1.25 bits per heavy atom. The van der Waals surface area contributed by atoms with Gasteiger partial charge in [0.2, 0.25) is 0 Å². The minimum absolute atomic E-state index is 0.760. The molecule has 0 heterocycles. The van der Waals surface area contributed by atoms with Crippen molar-refractivity contribution in [3.05, 3.63) is 47.5 Å². The third-order valence-electron chi connectivity index (χ3n) is 2.65. The third-order valence-corrected chi connectivity index (χ3v) is 2.65. The fourth-order valence-corrected chi connectivity index (χ4v) is 1.34. The maximum absolute atomic E-state index is 3.25. The molecule has 1 aliphatic carbocycles. The predicted molar refractivity (Wildman–Crippen MR) is 70.0 cm³/mol. The van der Waals surface area contributed by atoms with Gasteiger partial charge in [-0.3, -0.25) is 0 Å². The second-order valence-corrected chi connectivity index (χ2v) is 4.55. The smallest absolute Gasteiger partial charge is 0.0418 e. The molecule has 0 aromatic heterocycles. The first-order valence-electron chi connectivity index (χ1n) is 5.81. The normalized spacial score (nSPS) is 22.6. The highest BCUT2D eigenvalue weighted by Crippen LogP contribution is 2.38. The van der Waals surface area contributed by atoms with Gasteiger partial charge in [-0.05, 0) is 49.0 Å². The summed E-state index contributed by atoms with van der Waals surface area (Å²) < 4.78 is 0. The Balaban J connectivity index is 2.56. The van der Waals surface area contributed by atoms with Gasteiger partial charge in [-0.1, -0.05) is 13.0 Å². The van der Waals surface area contributed by atoms with Crippen molar-refractivity contribution in [2.24, 2.45) is 11.8 Å². The molecule has 0 aromatic rings. The molecule has 0 amide bonds. The zero-order valence-electron chi connectivity index (χ0n) is 10.7. The van der Waals surface area contributed by atoms with Gasteiger partial charge in [0.15, 0.2) is 0 Å². The van der Waals surface area contributed by atoms with E-state index in [9.17, 15) is 0 Å². The Bertz CT molecular complexity index is 372. The molecule has 0 radical (unpaired) electrons. The third kappa shape index (κ3) is 4.89. The second-order valence-electron chi connectivity index (χ2n) is 4.55. The molecule has 1 rings (SSSR count). The van der Waals surface area contributed by atoms with Gasteiger partial charge >= 0.3 is 0 Å². The van der Waals surface area contributed by atoms with Crippen molar-refractivity contribution >= 4 is 0 Å². The molecular weight excluding hydrogens is 194 g/mol. The molecule has 16 heavy (non-hydrogen) atoms. The highest BCUT2D eigenvalue weighted by molar-refractivity contribution is 5.29. The van der Waals surface area contributed by atoms with Crippen LogP contribution >= 0.6 is 0 Å². The Kier molecular flexibility index (Phi) is 4.92. The van der Waals surface area contributed by atoms with Crippen LogP contribution in [-0.4, -0.2) is 19.0 Å². The number of rotatable bonds is 4. The molecule has 1 aliphatic rings. The number of hydrogen-bond acceptors (Lipinski definition) is 1. The van der Waals surface area contributed by atoms with Gasteiger partial charge in [-0.15, -0.1) is 11.5 Å². The summed E-state index contributed by atoms with van der Waals surface area (Å²) in [7, 11) is 3.97. The molecule has 1 fully saturated rings. The van der Waals surface area contributed by atoms with Crippen LogP contribution in [0.15, 0.2) is 47.5 Å². The van der Waals surface area contributed by atoms with Crippen molar-refractivity contribution in [2.75, 3.05) is 14.1 Å². The quantitative estimate of drug-likeness (QED) is 0.512. The molecular formula is C15H21N. The summed E-state index contributed by atoms with van der Waals surface area (Å²) in [5.41, 5.74) is 7.51. The summed E-state index contributed by atoms with van der Waals surface area (Å²) in [5, 5.41) is 0. The Morgan fingerprint density at radius 2 is 1.88 bits per heavy atom. The molecule has 0 aromatic carbocycles. The van der Waals surface area contributed by atoms with Crippen LogP contribution in [0.4, 0.5) is 0 Å². The van der Waals surface area contributed by atoms with E-state index in [1.165, 1.54) is 6.42 Å². The van der Waals surface area contributed by atoms with E-state index in [2.05, 4.69) is 30.5 Å². The SMILES string of the molecule is C/C=C(\C=C=C[C@@H]1CC1C)C=C=CN(C)C. The van der Waals surface area contributed by atoms with Crippen LogP contribution in [0.2, 0.25) is 0 Å². The van der Waals surface area contributed by atoms with E-state index in [1.54, 1.807) is 0 Å². The molecule has 86 valence electrons. The van der Waals surface area contributed by atoms with Crippen molar-refractivity contribution in [3.8, 4) is 0 Å². The van der Waals surface area contributed by atoms with E-state index in [1.807, 2.05) is 44.3 Å². The molecule has 0 spiro atoms. The van der Waals surface area contributed by atoms with Gasteiger partial charge in [-0.25, -0.2) is 0 Å². The first-order valence-corrected chi connectivity index (χ1v) is 5.81. The summed E-state index contributed by atoms with van der Waals surface area (Å²) in [6, 6.07) is 0. The van der Waals surface area contributed by atoms with E-state index in [0.29, 0.717) is 0 Å². The molecule has 0 bridgehead atoms. The van der Waals surface area contributed by atoms with Gasteiger partial charge in [0.1, 0.15) is 0 Å². The second kappa shape index (κ2) is 6.23. The van der Waals surface area contributed by atoms with Crippen LogP contribution in [0.3, 0.4) is 0 Å². The van der Waals surface area contributed by atoms with Gasteiger partial charge < -0.3 is 4.90 Å². The molecule has 0 saturated heterocycles. The largest absolute Gasteiger partial charge is 0.377 e. The summed E-state index contributed by atoms with van der Waals surface area (Å²) in [4.78, 5) is 1.97. The van der Waals surface area contributed by atoms with Gasteiger partial charge in [0, 0.05) is 20.3 Å². The van der Waals surface area contributed by atoms with E-state index >= 15 is 0 Å². The fourth-order valence-electron chi connectivity index (χ4n) is 1.34. The summed E-state index contributed by atoms with van der Waals surface area (Å²) in [5.74, 6) is 1.62. The van der Waals surface area contributed by atoms with Crippen LogP contribution in [-0.2, 0) is 0 Å². The lowest BCUT2D eigenvalue weighted by atomic mass is 10.2. The summed E-state index contributed by atoms with van der Waals surface area (Å²) in [6.07, 6.45) is 11.5. The van der Waals surface area contributed by atoms with Gasteiger partial charge in [0.05, 0.1) is 0 Å². The molecule has 1 unspecified atom stereocenters. The van der Waals surface area contributed by atoms with E-state index in [0.717, 1.165) is 17.4 Å². The predicted octanol–water partition coefficient (Wildman–Crippen LogP) is 3.53. The number of allylic oxidation sites excluding steroid dienone is 4. The lowest BCUT2D eigenvalue weighted by molar-refractivity contribution is 0.565. The highest BCUT2D eigenvalue weighted by Gasteiger charge is 2.29. The maximum atomic E-state index is 3.25. The fraction of sp³-hybridized carbons (Fsp3) is 0.467. The molecule has 0 aliphatic heterocycles. The Morgan fingerprint density at radius 3 is 2.38 bits per heavy atom. The first-order chi connectivity index (χ1) is 7.63. The van der Waals surface area contributed by atoms with E-state index in [4.69, 9.17) is 0 Å². The van der Waals surface area contributed by atoms with Crippen LogP contribution in [0.5, 0.6) is 0 Å². The lowest BCUT2D eigenvalue weighted by Crippen LogP contribution is -1.98. The van der Waals surface area contributed by atoms with Crippen molar-refractivity contribution in [3.63, 3.8) is 0 Å². The monoisotopic (exact) mass is 215 g/mol. The van der Waals surface area contributed by atoms with Gasteiger partial charge in [-0.2, -0.15) is 0 Å². The minimum Gasteiger partial charge on any atom is -0.377 e. The maximum Gasteiger partial charge on any atom is 0.0418 e. The zero-order chi connectivity index (χ0) is 12.0. The van der Waals surface area contributed by atoms with Crippen molar-refractivity contribution in [1.29, 1.82) is 0 Å². The Hall–Kier alpha value is -1.42. The molecule has 1 saturated carbocycles. The summed E-state index contributed by atoms with van der Waals surface area (Å²) in [6.45, 7) is 4.31. The van der Waals surface area contributed by atoms with Crippen molar-refractivity contribution < 1.29 is 0 Å². The van der Waals surface area contributed by atoms with E-state index in [-0.39, 0.29) is 0 Å². The Labute approximate surface area is 99.2 Å². The van der Waals surface area contributed by atoms with Crippen LogP contribution in [0.25, 0.3) is 0 Å². The minimum atomic E-state index is 0.760. The number of hydrogen-bond donors (Lipinski definition) is 0. The number of nitrogens with zero attached hydrogens (tertiary/aromatic N) is 1. The van der Waals surface area contributed by atoms with Crippen LogP contribution in [0.1, 0.15) is 20.3 Å². The molecule has 2 atom stereocenters. The van der Waals surface area contributed by atoms with Crippen LogP contribution in [0, 0.1) is 11.8 Å². The average molecular weight is 215 g/mol. The molecule has 0 N–H and O–H groups in total. The molecule has 1 nitrogen and oxygen atoms in total. The molecule has 1 heteroatoms.